The Morgan fingerprint density at radius 1 is 0.970 bits per heavy atom. The fourth-order valence-corrected chi connectivity index (χ4v) is 3.31. The summed E-state index contributed by atoms with van der Waals surface area (Å²) in [6.07, 6.45) is -3.27. The van der Waals surface area contributed by atoms with E-state index in [4.69, 9.17) is 14.2 Å². The Labute approximate surface area is 189 Å². The lowest BCUT2D eigenvalue weighted by Crippen LogP contribution is -2.58. The molecule has 0 spiro atoms. The third kappa shape index (κ3) is 6.14. The molecular formula is C23H26O10. The summed E-state index contributed by atoms with van der Waals surface area (Å²) in [5, 5.41) is 58.5. The molecule has 0 aromatic heterocycles. The second kappa shape index (κ2) is 10.5. The van der Waals surface area contributed by atoms with Crippen LogP contribution in [0.5, 0.6) is 23.0 Å². The Morgan fingerprint density at radius 3 is 2.30 bits per heavy atom. The van der Waals surface area contributed by atoms with Crippen molar-refractivity contribution in [3.8, 4) is 23.0 Å². The summed E-state index contributed by atoms with van der Waals surface area (Å²) in [5.41, 5.74) is 1.12. The first-order chi connectivity index (χ1) is 15.7. The number of carbonyl (C=O) groups excluding carboxylic acids is 1. The van der Waals surface area contributed by atoms with Gasteiger partial charge in [-0.25, -0.2) is 4.79 Å². The summed E-state index contributed by atoms with van der Waals surface area (Å²) in [5.74, 6) is -1.93. The molecule has 2 aromatic carbocycles. The lowest BCUT2D eigenvalue weighted by atomic mass is 9.99. The van der Waals surface area contributed by atoms with E-state index in [1.165, 1.54) is 36.4 Å². The van der Waals surface area contributed by atoms with Gasteiger partial charge in [0.25, 0.3) is 0 Å². The molecule has 1 saturated heterocycles. The lowest BCUT2D eigenvalue weighted by molar-refractivity contribution is -0.294. The first-order valence-electron chi connectivity index (χ1n) is 10.2. The summed E-state index contributed by atoms with van der Waals surface area (Å²) in [6, 6.07) is 8.34. The minimum atomic E-state index is -1.48. The van der Waals surface area contributed by atoms with Crippen LogP contribution in [0.4, 0.5) is 0 Å². The number of aliphatic hydroxyl groups excluding tert-OH is 2. The third-order valence-electron chi connectivity index (χ3n) is 5.15. The van der Waals surface area contributed by atoms with E-state index in [-0.39, 0.29) is 29.6 Å². The van der Waals surface area contributed by atoms with Crippen LogP contribution in [0.15, 0.2) is 42.5 Å². The smallest absolute Gasteiger partial charge is 0.331 e. The molecule has 2 aromatic rings. The number of rotatable bonds is 7. The van der Waals surface area contributed by atoms with Crippen LogP contribution in [0.1, 0.15) is 18.1 Å². The van der Waals surface area contributed by atoms with Gasteiger partial charge in [0.1, 0.15) is 12.2 Å². The quantitative estimate of drug-likeness (QED) is 0.200. The van der Waals surface area contributed by atoms with Crippen molar-refractivity contribution in [1.29, 1.82) is 0 Å². The van der Waals surface area contributed by atoms with E-state index in [9.17, 15) is 35.4 Å². The SMILES string of the molecule is C[C@H]1O[C@@H](OCCc2ccc(O)c(O)c2)[C@H](O)[C@@H](O)[C@@H]1OC(=O)C=Cc1ccc(O)c(O)c1. The molecule has 3 rings (SSSR count). The van der Waals surface area contributed by atoms with Gasteiger partial charge in [-0.1, -0.05) is 12.1 Å². The number of aromatic hydroxyl groups is 4. The molecule has 1 aliphatic heterocycles. The van der Waals surface area contributed by atoms with E-state index in [0.717, 1.165) is 6.08 Å². The zero-order chi connectivity index (χ0) is 24.1. The fourth-order valence-electron chi connectivity index (χ4n) is 3.31. The highest BCUT2D eigenvalue weighted by Gasteiger charge is 2.45. The predicted octanol–water partition coefficient (Wildman–Crippen LogP) is 1.16. The largest absolute Gasteiger partial charge is 0.504 e. The van der Waals surface area contributed by atoms with Crippen molar-refractivity contribution in [2.45, 2.75) is 44.1 Å². The van der Waals surface area contributed by atoms with Gasteiger partial charge < -0.3 is 44.8 Å². The number of esters is 1. The summed E-state index contributed by atoms with van der Waals surface area (Å²) in [4.78, 5) is 12.2. The van der Waals surface area contributed by atoms with Gasteiger partial charge in [-0.2, -0.15) is 0 Å². The second-order valence-corrected chi connectivity index (χ2v) is 7.62. The molecule has 178 valence electrons. The Kier molecular flexibility index (Phi) is 7.77. The van der Waals surface area contributed by atoms with Crippen LogP contribution in [0.3, 0.4) is 0 Å². The van der Waals surface area contributed by atoms with Gasteiger partial charge in [0.2, 0.25) is 0 Å². The first kappa shape index (κ1) is 24.3. The summed E-state index contributed by atoms with van der Waals surface area (Å²) in [7, 11) is 0. The molecule has 5 atom stereocenters. The monoisotopic (exact) mass is 462 g/mol. The van der Waals surface area contributed by atoms with Crippen molar-refractivity contribution in [2.75, 3.05) is 6.61 Å². The zero-order valence-electron chi connectivity index (χ0n) is 17.7. The van der Waals surface area contributed by atoms with E-state index in [0.29, 0.717) is 17.5 Å². The molecule has 0 aliphatic carbocycles. The number of benzene rings is 2. The van der Waals surface area contributed by atoms with Gasteiger partial charge >= 0.3 is 5.97 Å². The third-order valence-corrected chi connectivity index (χ3v) is 5.15. The number of ether oxygens (including phenoxy) is 3. The molecule has 1 aliphatic rings. The van der Waals surface area contributed by atoms with Crippen LogP contribution in [0.25, 0.3) is 6.08 Å². The molecule has 33 heavy (non-hydrogen) atoms. The topological polar surface area (TPSA) is 166 Å². The molecular weight excluding hydrogens is 436 g/mol. The van der Waals surface area contributed by atoms with Gasteiger partial charge in [-0.3, -0.25) is 0 Å². The van der Waals surface area contributed by atoms with Crippen molar-refractivity contribution in [1.82, 2.24) is 0 Å². The van der Waals surface area contributed by atoms with Gasteiger partial charge in [0.05, 0.1) is 12.7 Å². The normalized spacial score (nSPS) is 25.2. The molecule has 10 nitrogen and oxygen atoms in total. The van der Waals surface area contributed by atoms with Crippen molar-refractivity contribution >= 4 is 12.0 Å². The molecule has 6 N–H and O–H groups in total. The maximum Gasteiger partial charge on any atom is 0.331 e. The summed E-state index contributed by atoms with van der Waals surface area (Å²) in [6.45, 7) is 1.65. The zero-order valence-corrected chi connectivity index (χ0v) is 17.7. The van der Waals surface area contributed by atoms with E-state index >= 15 is 0 Å². The average Bonchev–Trinajstić information content (AvgIpc) is 2.78. The Balaban J connectivity index is 1.52. The standard InChI is InChI=1S/C23H26O10/c1-12-22(33-19(28)7-4-13-2-5-15(24)17(26)10-13)20(29)21(30)23(32-12)31-9-8-14-3-6-16(25)18(27)11-14/h2-7,10-12,20-27,29-30H,8-9H2,1H3/t12-,20-,21-,22-,23-/m1/s1. The van der Waals surface area contributed by atoms with Gasteiger partial charge in [0, 0.05) is 6.08 Å². The van der Waals surface area contributed by atoms with E-state index in [1.807, 2.05) is 0 Å². The minimum absolute atomic E-state index is 0.0953. The molecule has 10 heteroatoms. The molecule has 0 unspecified atom stereocenters. The Morgan fingerprint density at radius 2 is 1.64 bits per heavy atom. The fraction of sp³-hybridized carbons (Fsp3) is 0.348. The van der Waals surface area contributed by atoms with Crippen molar-refractivity contribution in [2.24, 2.45) is 0 Å². The van der Waals surface area contributed by atoms with Gasteiger partial charge in [-0.05, 0) is 54.8 Å². The van der Waals surface area contributed by atoms with Crippen LogP contribution in [-0.2, 0) is 25.4 Å². The molecule has 0 bridgehead atoms. The average molecular weight is 462 g/mol. The summed E-state index contributed by atoms with van der Waals surface area (Å²) < 4.78 is 16.3. The van der Waals surface area contributed by atoms with Crippen LogP contribution in [0, 0.1) is 0 Å². The number of hydrogen-bond acceptors (Lipinski definition) is 10. The Bertz CT molecular complexity index is 1000. The second-order valence-electron chi connectivity index (χ2n) is 7.62. The molecule has 1 fully saturated rings. The number of carbonyl (C=O) groups is 1. The first-order valence-corrected chi connectivity index (χ1v) is 10.2. The maximum atomic E-state index is 12.2. The Hall–Kier alpha value is -3.31. The number of aliphatic hydroxyl groups is 2. The highest BCUT2D eigenvalue weighted by atomic mass is 16.7. The van der Waals surface area contributed by atoms with Gasteiger partial charge in [0.15, 0.2) is 35.4 Å². The van der Waals surface area contributed by atoms with Crippen LogP contribution in [-0.4, -0.2) is 73.9 Å². The van der Waals surface area contributed by atoms with Crippen molar-refractivity contribution in [3.05, 3.63) is 53.6 Å². The van der Waals surface area contributed by atoms with Crippen molar-refractivity contribution in [3.63, 3.8) is 0 Å². The highest BCUT2D eigenvalue weighted by Crippen LogP contribution is 2.27. The van der Waals surface area contributed by atoms with Crippen molar-refractivity contribution < 1.29 is 49.6 Å². The molecule has 0 saturated carbocycles. The van der Waals surface area contributed by atoms with E-state index in [2.05, 4.69) is 0 Å². The molecule has 0 amide bonds. The van der Waals surface area contributed by atoms with Crippen LogP contribution >= 0.6 is 0 Å². The minimum Gasteiger partial charge on any atom is -0.504 e. The predicted molar refractivity (Wildman–Crippen MR) is 114 cm³/mol. The molecule has 1 heterocycles. The number of phenols is 4. The summed E-state index contributed by atoms with van der Waals surface area (Å²) >= 11 is 0. The van der Waals surface area contributed by atoms with Crippen LogP contribution in [0.2, 0.25) is 0 Å². The van der Waals surface area contributed by atoms with E-state index < -0.39 is 36.7 Å². The highest BCUT2D eigenvalue weighted by molar-refractivity contribution is 5.87. The number of phenolic OH excluding ortho intramolecular Hbond substituents is 4. The maximum absolute atomic E-state index is 12.2. The number of hydrogen-bond donors (Lipinski definition) is 6. The molecule has 0 radical (unpaired) electrons. The van der Waals surface area contributed by atoms with E-state index in [1.54, 1.807) is 13.0 Å². The van der Waals surface area contributed by atoms with Crippen LogP contribution < -0.4 is 0 Å². The lowest BCUT2D eigenvalue weighted by Gasteiger charge is -2.40. The van der Waals surface area contributed by atoms with Gasteiger partial charge in [-0.15, -0.1) is 0 Å².